The van der Waals surface area contributed by atoms with E-state index in [1.165, 1.54) is 101 Å². The predicted octanol–water partition coefficient (Wildman–Crippen LogP) is 7.21. The molecule has 0 saturated heterocycles. The van der Waals surface area contributed by atoms with Gasteiger partial charge in [-0.2, -0.15) is 4.57 Å². The van der Waals surface area contributed by atoms with Crippen molar-refractivity contribution >= 4 is 17.4 Å². The van der Waals surface area contributed by atoms with Crippen LogP contribution in [0.25, 0.3) is 0 Å². The maximum Gasteiger partial charge on any atom is 0.194 e. The average Bonchev–Trinajstić information content (AvgIpc) is 2.68. The van der Waals surface area contributed by atoms with Crippen LogP contribution >= 0.6 is 11.8 Å². The van der Waals surface area contributed by atoms with Crippen LogP contribution < -0.4 is 9.47 Å². The van der Waals surface area contributed by atoms with Crippen LogP contribution in [0.15, 0.2) is 24.5 Å². The van der Waals surface area contributed by atoms with Gasteiger partial charge in [0.1, 0.15) is 0 Å². The Morgan fingerprint density at radius 3 is 1.59 bits per heavy atom. The Morgan fingerprint density at radius 1 is 0.704 bits per heavy atom. The third-order valence-corrected chi connectivity index (χ3v) is 6.33. The fourth-order valence-corrected chi connectivity index (χ4v) is 4.32. The average molecular weight is 394 g/mol. The Labute approximate surface area is 174 Å². The Bertz CT molecular complexity index is 431. The molecule has 0 bridgehead atoms. The summed E-state index contributed by atoms with van der Waals surface area (Å²) in [5.41, 5.74) is 1.27. The topological polar surface area (TPSA) is 7.12 Å². The summed E-state index contributed by atoms with van der Waals surface area (Å²) in [7, 11) is 4.17. The molecule has 0 aliphatic heterocycles. The second-order valence-electron chi connectivity index (χ2n) is 8.10. The third-order valence-electron chi connectivity index (χ3n) is 5.27. The van der Waals surface area contributed by atoms with E-state index in [4.69, 9.17) is 0 Å². The van der Waals surface area contributed by atoms with Gasteiger partial charge in [0.05, 0.1) is 0 Å². The minimum atomic E-state index is 1.08. The van der Waals surface area contributed by atoms with Gasteiger partial charge in [-0.05, 0) is 12.2 Å². The number of hydrogen-bond donors (Lipinski definition) is 0. The Hall–Kier alpha value is -0.700. The summed E-state index contributed by atoms with van der Waals surface area (Å²) in [6.45, 7) is 2.29. The van der Waals surface area contributed by atoms with Crippen LogP contribution in [0.3, 0.4) is 0 Å². The molecule has 1 aromatic rings. The number of thioether (sulfide) groups is 1. The summed E-state index contributed by atoms with van der Waals surface area (Å²) < 4.78 is 2.28. The lowest BCUT2D eigenvalue weighted by Gasteiger charge is -2.10. The molecule has 0 fully saturated rings. The van der Waals surface area contributed by atoms with Crippen molar-refractivity contribution < 1.29 is 4.57 Å². The molecule has 27 heavy (non-hydrogen) atoms. The largest absolute Gasteiger partial charge is 0.377 e. The molecule has 1 heterocycles. The van der Waals surface area contributed by atoms with Crippen molar-refractivity contribution in [3.63, 3.8) is 0 Å². The first-order valence-electron chi connectivity index (χ1n) is 11.5. The van der Waals surface area contributed by atoms with Gasteiger partial charge in [-0.15, -0.1) is 0 Å². The van der Waals surface area contributed by atoms with E-state index in [1.807, 2.05) is 0 Å². The first-order valence-corrected chi connectivity index (χ1v) is 12.6. The molecule has 0 N–H and O–H groups in total. The Balaban J connectivity index is 1.80. The molecule has 0 radical (unpaired) electrons. The quantitative estimate of drug-likeness (QED) is 0.192. The summed E-state index contributed by atoms with van der Waals surface area (Å²) in [4.78, 5) is 2.14. The van der Waals surface area contributed by atoms with Crippen molar-refractivity contribution in [3.05, 3.63) is 24.5 Å². The highest BCUT2D eigenvalue weighted by Gasteiger charge is 2.02. The fraction of sp³-hybridized carbons (Fsp3) is 0.792. The second kappa shape index (κ2) is 17.4. The lowest BCUT2D eigenvalue weighted by atomic mass is 10.0. The highest BCUT2D eigenvalue weighted by atomic mass is 32.2. The van der Waals surface area contributed by atoms with Crippen molar-refractivity contribution in [2.45, 2.75) is 103 Å². The van der Waals surface area contributed by atoms with E-state index >= 15 is 0 Å². The van der Waals surface area contributed by atoms with Crippen LogP contribution in [-0.2, 0) is 5.88 Å². The van der Waals surface area contributed by atoms with Gasteiger partial charge in [0, 0.05) is 31.9 Å². The van der Waals surface area contributed by atoms with E-state index in [1.54, 1.807) is 0 Å². The molecule has 0 aliphatic rings. The minimum absolute atomic E-state index is 1.08. The van der Waals surface area contributed by atoms with Crippen molar-refractivity contribution in [1.82, 2.24) is 0 Å². The molecule has 0 unspecified atom stereocenters. The first-order chi connectivity index (χ1) is 13.2. The van der Waals surface area contributed by atoms with E-state index < -0.39 is 0 Å². The number of nitrogens with zero attached hydrogens (tertiary/aromatic N) is 2. The molecule has 0 aromatic carbocycles. The SMILES string of the molecule is CCCCCCCCCCCCCCCCSC[n+]1ccc(N(C)C)cc1. The summed E-state index contributed by atoms with van der Waals surface area (Å²) in [6.07, 6.45) is 24.5. The Morgan fingerprint density at radius 2 is 1.15 bits per heavy atom. The monoisotopic (exact) mass is 393 g/mol. The summed E-state index contributed by atoms with van der Waals surface area (Å²) in [5.74, 6) is 2.37. The minimum Gasteiger partial charge on any atom is -0.377 e. The second-order valence-corrected chi connectivity index (χ2v) is 9.17. The number of hydrogen-bond acceptors (Lipinski definition) is 2. The molecule has 0 atom stereocenters. The van der Waals surface area contributed by atoms with Crippen molar-refractivity contribution in [1.29, 1.82) is 0 Å². The molecular formula is C24H45N2S+. The van der Waals surface area contributed by atoms with E-state index in [2.05, 4.69) is 66.8 Å². The molecule has 3 heteroatoms. The van der Waals surface area contributed by atoms with Crippen molar-refractivity contribution in [2.75, 3.05) is 24.7 Å². The maximum absolute atomic E-state index is 2.29. The molecule has 0 saturated carbocycles. The number of unbranched alkanes of at least 4 members (excludes halogenated alkanes) is 13. The molecule has 0 spiro atoms. The van der Waals surface area contributed by atoms with Gasteiger partial charge in [-0.25, -0.2) is 0 Å². The van der Waals surface area contributed by atoms with E-state index in [0.29, 0.717) is 0 Å². The van der Waals surface area contributed by atoms with E-state index in [0.717, 1.165) is 5.88 Å². The zero-order valence-corrected chi connectivity index (χ0v) is 19.2. The predicted molar refractivity (Wildman–Crippen MR) is 124 cm³/mol. The van der Waals surface area contributed by atoms with E-state index in [-0.39, 0.29) is 0 Å². The van der Waals surface area contributed by atoms with Gasteiger partial charge in [0.25, 0.3) is 0 Å². The van der Waals surface area contributed by atoms with Gasteiger partial charge in [0.2, 0.25) is 0 Å². The van der Waals surface area contributed by atoms with Crippen LogP contribution in [-0.4, -0.2) is 19.8 Å². The first kappa shape index (κ1) is 24.3. The third kappa shape index (κ3) is 14.0. The Kier molecular flexibility index (Phi) is 15.7. The smallest absolute Gasteiger partial charge is 0.194 e. The van der Waals surface area contributed by atoms with Gasteiger partial charge in [-0.3, -0.25) is 0 Å². The van der Waals surface area contributed by atoms with Crippen molar-refractivity contribution in [2.24, 2.45) is 0 Å². The van der Waals surface area contributed by atoms with Crippen LogP contribution in [0, 0.1) is 0 Å². The van der Waals surface area contributed by atoms with Crippen LogP contribution in [0.1, 0.15) is 96.8 Å². The normalized spacial score (nSPS) is 11.1. The van der Waals surface area contributed by atoms with Crippen molar-refractivity contribution in [3.8, 4) is 0 Å². The fourth-order valence-electron chi connectivity index (χ4n) is 3.40. The summed E-state index contributed by atoms with van der Waals surface area (Å²) in [6, 6.07) is 4.38. The zero-order chi connectivity index (χ0) is 19.6. The van der Waals surface area contributed by atoms with Crippen LogP contribution in [0.4, 0.5) is 5.69 Å². The molecule has 1 aromatic heterocycles. The highest BCUT2D eigenvalue weighted by molar-refractivity contribution is 7.98. The molecule has 0 amide bonds. The van der Waals surface area contributed by atoms with Crippen LogP contribution in [0.2, 0.25) is 0 Å². The molecule has 1 rings (SSSR count). The van der Waals surface area contributed by atoms with Gasteiger partial charge in [0.15, 0.2) is 18.3 Å². The molecular weight excluding hydrogens is 348 g/mol. The molecule has 2 nitrogen and oxygen atoms in total. The lowest BCUT2D eigenvalue weighted by Crippen LogP contribution is -2.31. The lowest BCUT2D eigenvalue weighted by molar-refractivity contribution is -0.675. The number of anilines is 1. The van der Waals surface area contributed by atoms with E-state index in [9.17, 15) is 0 Å². The molecule has 0 aliphatic carbocycles. The number of rotatable bonds is 18. The number of aromatic nitrogens is 1. The van der Waals surface area contributed by atoms with Gasteiger partial charge < -0.3 is 4.90 Å². The highest BCUT2D eigenvalue weighted by Crippen LogP contribution is 2.14. The summed E-state index contributed by atoms with van der Waals surface area (Å²) >= 11 is 2.05. The standard InChI is InChI=1S/C24H45N2S/c1-4-5-6-7-8-9-10-11-12-13-14-15-16-17-22-27-23-26-20-18-24(19-21-26)25(2)3/h18-21H,4-17,22-23H2,1-3H3/q+1. The van der Waals surface area contributed by atoms with Gasteiger partial charge in [-0.1, -0.05) is 102 Å². The van der Waals surface area contributed by atoms with Gasteiger partial charge >= 0.3 is 0 Å². The summed E-state index contributed by atoms with van der Waals surface area (Å²) in [5, 5.41) is 0. The zero-order valence-electron chi connectivity index (χ0n) is 18.4. The maximum atomic E-state index is 2.29. The number of pyridine rings is 1. The van der Waals surface area contributed by atoms with Crippen LogP contribution in [0.5, 0.6) is 0 Å². The molecule has 156 valence electrons.